The Kier molecular flexibility index (Phi) is 6.36. The molecule has 7 heteroatoms. The molecule has 0 saturated carbocycles. The van der Waals surface area contributed by atoms with Crippen LogP contribution in [0.3, 0.4) is 0 Å². The molecule has 0 saturated heterocycles. The molecule has 28 heavy (non-hydrogen) atoms. The van der Waals surface area contributed by atoms with Gasteiger partial charge in [-0.2, -0.15) is 0 Å². The Bertz CT molecular complexity index is 1050. The third-order valence-corrected chi connectivity index (χ3v) is 5.38. The van der Waals surface area contributed by atoms with Crippen molar-refractivity contribution in [2.24, 2.45) is 0 Å². The van der Waals surface area contributed by atoms with Gasteiger partial charge in [0.25, 0.3) is 5.56 Å². The molecule has 1 atom stereocenters. The lowest BCUT2D eigenvalue weighted by Crippen LogP contribution is -2.27. The Morgan fingerprint density at radius 3 is 2.68 bits per heavy atom. The summed E-state index contributed by atoms with van der Waals surface area (Å²) in [5.41, 5.74) is 1.17. The second-order valence-electron chi connectivity index (χ2n) is 6.32. The highest BCUT2D eigenvalue weighted by Gasteiger charge is 2.20. The van der Waals surface area contributed by atoms with Crippen molar-refractivity contribution in [2.45, 2.75) is 37.2 Å². The van der Waals surface area contributed by atoms with Crippen LogP contribution in [0.15, 0.2) is 58.5 Å². The monoisotopic (exact) mass is 397 g/mol. The number of anilines is 1. The van der Waals surface area contributed by atoms with Crippen molar-refractivity contribution in [3.05, 3.63) is 58.9 Å². The lowest BCUT2D eigenvalue weighted by Gasteiger charge is -2.16. The second-order valence-corrected chi connectivity index (χ2v) is 7.63. The molecule has 1 N–H and O–H groups in total. The van der Waals surface area contributed by atoms with Gasteiger partial charge in [0.15, 0.2) is 5.16 Å². The highest BCUT2D eigenvalue weighted by molar-refractivity contribution is 8.00. The number of hydrogen-bond donors (Lipinski definition) is 1. The third-order valence-electron chi connectivity index (χ3n) is 4.29. The molecule has 3 rings (SSSR count). The van der Waals surface area contributed by atoms with E-state index >= 15 is 0 Å². The summed E-state index contributed by atoms with van der Waals surface area (Å²) in [6.07, 6.45) is 0.801. The minimum atomic E-state index is -0.443. The summed E-state index contributed by atoms with van der Waals surface area (Å²) in [7, 11) is 1.56. The number of aromatic nitrogens is 2. The maximum atomic E-state index is 12.9. The van der Waals surface area contributed by atoms with Gasteiger partial charge < -0.3 is 10.1 Å². The lowest BCUT2D eigenvalue weighted by molar-refractivity contribution is -0.115. The van der Waals surface area contributed by atoms with E-state index in [9.17, 15) is 9.59 Å². The fraction of sp³-hybridized carbons (Fsp3) is 0.286. The molecule has 3 aromatic rings. The SMILES string of the molecule is CCCn1c(S[C@@H](C)C(=O)Nc2ccccc2OC)nc2ccccc2c1=O. The molecule has 1 aromatic heterocycles. The fourth-order valence-corrected chi connectivity index (χ4v) is 3.79. The number of thioether (sulfide) groups is 1. The van der Waals surface area contributed by atoms with Crippen molar-refractivity contribution in [2.75, 3.05) is 12.4 Å². The summed E-state index contributed by atoms with van der Waals surface area (Å²) < 4.78 is 6.93. The van der Waals surface area contributed by atoms with Crippen LogP contribution < -0.4 is 15.6 Å². The molecule has 1 amide bonds. The van der Waals surface area contributed by atoms with Crippen molar-refractivity contribution in [3.8, 4) is 5.75 Å². The molecule has 0 fully saturated rings. The first kappa shape index (κ1) is 19.9. The first-order valence-electron chi connectivity index (χ1n) is 9.15. The average Bonchev–Trinajstić information content (AvgIpc) is 2.71. The van der Waals surface area contributed by atoms with E-state index in [-0.39, 0.29) is 11.5 Å². The molecule has 2 aromatic carbocycles. The predicted octanol–water partition coefficient (Wildman–Crippen LogP) is 3.93. The number of carbonyl (C=O) groups is 1. The fourth-order valence-electron chi connectivity index (χ4n) is 2.85. The van der Waals surface area contributed by atoms with E-state index in [2.05, 4.69) is 10.3 Å². The number of rotatable bonds is 7. The maximum absolute atomic E-state index is 12.9. The van der Waals surface area contributed by atoms with Crippen LogP contribution in [0, 0.1) is 0 Å². The topological polar surface area (TPSA) is 73.2 Å². The van der Waals surface area contributed by atoms with Gasteiger partial charge in [0.05, 0.1) is 29.0 Å². The first-order chi connectivity index (χ1) is 13.5. The van der Waals surface area contributed by atoms with Gasteiger partial charge in [-0.3, -0.25) is 14.2 Å². The van der Waals surface area contributed by atoms with E-state index in [4.69, 9.17) is 4.74 Å². The maximum Gasteiger partial charge on any atom is 0.262 e. The number of fused-ring (bicyclic) bond motifs is 1. The zero-order chi connectivity index (χ0) is 20.1. The standard InChI is InChI=1S/C21H23N3O3S/c1-4-13-24-20(26)15-9-5-6-10-16(15)23-21(24)28-14(2)19(25)22-17-11-7-8-12-18(17)27-3/h5-12,14H,4,13H2,1-3H3,(H,22,25)/t14-/m0/s1. The summed E-state index contributed by atoms with van der Waals surface area (Å²) in [6, 6.07) is 14.5. The molecular weight excluding hydrogens is 374 g/mol. The summed E-state index contributed by atoms with van der Waals surface area (Å²) in [5, 5.41) is 3.58. The van der Waals surface area contributed by atoms with Gasteiger partial charge >= 0.3 is 0 Å². The Labute approximate surface area is 167 Å². The van der Waals surface area contributed by atoms with Crippen LogP contribution in [-0.4, -0.2) is 27.8 Å². The van der Waals surface area contributed by atoms with Crippen LogP contribution in [0.1, 0.15) is 20.3 Å². The number of carbonyl (C=O) groups excluding carboxylic acids is 1. The van der Waals surface area contributed by atoms with Crippen molar-refractivity contribution >= 4 is 34.3 Å². The zero-order valence-corrected chi connectivity index (χ0v) is 17.0. The van der Waals surface area contributed by atoms with Crippen molar-refractivity contribution in [1.82, 2.24) is 9.55 Å². The van der Waals surface area contributed by atoms with Gasteiger partial charge in [-0.25, -0.2) is 4.98 Å². The molecule has 0 aliphatic rings. The van der Waals surface area contributed by atoms with Gasteiger partial charge in [-0.15, -0.1) is 0 Å². The number of benzene rings is 2. The predicted molar refractivity (Wildman–Crippen MR) is 113 cm³/mol. The molecule has 0 spiro atoms. The Morgan fingerprint density at radius 2 is 1.93 bits per heavy atom. The van der Waals surface area contributed by atoms with E-state index < -0.39 is 5.25 Å². The van der Waals surface area contributed by atoms with Crippen LogP contribution in [0.25, 0.3) is 10.9 Å². The largest absolute Gasteiger partial charge is 0.495 e. The first-order valence-corrected chi connectivity index (χ1v) is 10.0. The van der Waals surface area contributed by atoms with Crippen LogP contribution in [-0.2, 0) is 11.3 Å². The van der Waals surface area contributed by atoms with Crippen LogP contribution in [0.4, 0.5) is 5.69 Å². The van der Waals surface area contributed by atoms with E-state index in [1.54, 1.807) is 36.8 Å². The number of nitrogens with zero attached hydrogens (tertiary/aromatic N) is 2. The van der Waals surface area contributed by atoms with Crippen LogP contribution >= 0.6 is 11.8 Å². The lowest BCUT2D eigenvalue weighted by atomic mass is 10.2. The van der Waals surface area contributed by atoms with Gasteiger partial charge in [-0.1, -0.05) is 43.0 Å². The van der Waals surface area contributed by atoms with Crippen molar-refractivity contribution < 1.29 is 9.53 Å². The highest BCUT2D eigenvalue weighted by atomic mass is 32.2. The van der Waals surface area contributed by atoms with E-state index in [1.165, 1.54) is 11.8 Å². The minimum absolute atomic E-state index is 0.0766. The van der Waals surface area contributed by atoms with Crippen LogP contribution in [0.5, 0.6) is 5.75 Å². The molecule has 0 bridgehead atoms. The van der Waals surface area contributed by atoms with E-state index in [0.717, 1.165) is 6.42 Å². The molecule has 146 valence electrons. The van der Waals surface area contributed by atoms with E-state index in [0.29, 0.717) is 34.0 Å². The molecule has 1 heterocycles. The number of para-hydroxylation sites is 3. The summed E-state index contributed by atoms with van der Waals surface area (Å²) in [6.45, 7) is 4.36. The number of methoxy groups -OCH3 is 1. The number of hydrogen-bond acceptors (Lipinski definition) is 5. The smallest absolute Gasteiger partial charge is 0.262 e. The molecule has 0 unspecified atom stereocenters. The van der Waals surface area contributed by atoms with E-state index in [1.807, 2.05) is 37.3 Å². The van der Waals surface area contributed by atoms with Gasteiger partial charge in [-0.05, 0) is 37.6 Å². The number of ether oxygens (including phenoxy) is 1. The molecule has 0 aliphatic carbocycles. The molecule has 0 aliphatic heterocycles. The van der Waals surface area contributed by atoms with Crippen molar-refractivity contribution in [1.29, 1.82) is 0 Å². The molecular formula is C21H23N3O3S. The average molecular weight is 398 g/mol. The second kappa shape index (κ2) is 8.93. The number of nitrogens with one attached hydrogen (secondary N) is 1. The van der Waals surface area contributed by atoms with Crippen LogP contribution in [0.2, 0.25) is 0 Å². The van der Waals surface area contributed by atoms with Gasteiger partial charge in [0.2, 0.25) is 5.91 Å². The third kappa shape index (κ3) is 4.20. The zero-order valence-electron chi connectivity index (χ0n) is 16.1. The summed E-state index contributed by atoms with van der Waals surface area (Å²) in [5.74, 6) is 0.416. The minimum Gasteiger partial charge on any atom is -0.495 e. The quantitative estimate of drug-likeness (QED) is 0.483. The number of amides is 1. The van der Waals surface area contributed by atoms with Gasteiger partial charge in [0, 0.05) is 6.54 Å². The summed E-state index contributed by atoms with van der Waals surface area (Å²) >= 11 is 1.28. The Balaban J connectivity index is 1.87. The molecule has 6 nitrogen and oxygen atoms in total. The normalized spacial score (nSPS) is 12.0. The Hall–Kier alpha value is -2.80. The Morgan fingerprint density at radius 1 is 1.21 bits per heavy atom. The highest BCUT2D eigenvalue weighted by Crippen LogP contribution is 2.27. The van der Waals surface area contributed by atoms with Gasteiger partial charge in [0.1, 0.15) is 5.75 Å². The van der Waals surface area contributed by atoms with Crippen molar-refractivity contribution in [3.63, 3.8) is 0 Å². The summed E-state index contributed by atoms with van der Waals surface area (Å²) in [4.78, 5) is 30.2. The molecule has 0 radical (unpaired) electrons.